The van der Waals surface area contributed by atoms with E-state index in [2.05, 4.69) is 32.8 Å². The summed E-state index contributed by atoms with van der Waals surface area (Å²) in [6.07, 6.45) is 9.46. The number of rotatable bonds is 3. The Balaban J connectivity index is 2.11. The molecule has 5 heteroatoms. The number of pyridine rings is 1. The Labute approximate surface area is 138 Å². The fourth-order valence-electron chi connectivity index (χ4n) is 2.95. The third kappa shape index (κ3) is 2.97. The zero-order valence-corrected chi connectivity index (χ0v) is 14.3. The maximum atomic E-state index is 6.33. The van der Waals surface area contributed by atoms with Gasteiger partial charge in [-0.3, -0.25) is 4.98 Å². The molecule has 0 aromatic carbocycles. The highest BCUT2D eigenvalue weighted by molar-refractivity contribution is 9.10. The van der Waals surface area contributed by atoms with Gasteiger partial charge in [0.05, 0.1) is 10.2 Å². The van der Waals surface area contributed by atoms with Crippen LogP contribution in [0.25, 0.3) is 11.4 Å². The van der Waals surface area contributed by atoms with Crippen LogP contribution in [0.1, 0.15) is 49.8 Å². The van der Waals surface area contributed by atoms with Crippen molar-refractivity contribution < 1.29 is 0 Å². The molecule has 2 aromatic heterocycles. The van der Waals surface area contributed by atoms with Crippen LogP contribution in [0.5, 0.6) is 0 Å². The fourth-order valence-corrected chi connectivity index (χ4v) is 3.63. The molecule has 3 rings (SSSR count). The summed E-state index contributed by atoms with van der Waals surface area (Å²) in [5.41, 5.74) is 3.23. The van der Waals surface area contributed by atoms with E-state index >= 15 is 0 Å². The minimum absolute atomic E-state index is 0.491. The number of aromatic nitrogens is 3. The van der Waals surface area contributed by atoms with Gasteiger partial charge in [-0.05, 0) is 46.8 Å². The van der Waals surface area contributed by atoms with Crippen LogP contribution in [0.3, 0.4) is 0 Å². The molecule has 3 nitrogen and oxygen atoms in total. The van der Waals surface area contributed by atoms with Gasteiger partial charge in [0, 0.05) is 23.9 Å². The maximum absolute atomic E-state index is 6.33. The molecule has 2 aromatic rings. The molecular formula is C16H17BrClN3. The summed E-state index contributed by atoms with van der Waals surface area (Å²) in [4.78, 5) is 13.5. The van der Waals surface area contributed by atoms with Crippen molar-refractivity contribution in [2.24, 2.45) is 0 Å². The summed E-state index contributed by atoms with van der Waals surface area (Å²) in [7, 11) is 0. The molecule has 1 aliphatic rings. The number of nitrogens with zero attached hydrogens (tertiary/aromatic N) is 3. The van der Waals surface area contributed by atoms with Crippen LogP contribution in [-0.2, 0) is 6.42 Å². The largest absolute Gasteiger partial charge is 0.264 e. The van der Waals surface area contributed by atoms with Crippen LogP contribution < -0.4 is 0 Å². The lowest BCUT2D eigenvalue weighted by molar-refractivity contribution is 0.690. The summed E-state index contributed by atoms with van der Waals surface area (Å²) in [6, 6.07) is 1.97. The normalized spacial score (nSPS) is 15.6. The molecule has 0 N–H and O–H groups in total. The highest BCUT2D eigenvalue weighted by atomic mass is 79.9. The molecular weight excluding hydrogens is 350 g/mol. The topological polar surface area (TPSA) is 38.7 Å². The molecule has 0 saturated heterocycles. The molecule has 2 heterocycles. The zero-order chi connectivity index (χ0) is 14.8. The van der Waals surface area contributed by atoms with Crippen molar-refractivity contribution in [1.29, 1.82) is 0 Å². The number of halogens is 2. The third-order valence-electron chi connectivity index (χ3n) is 4.10. The standard InChI is InChI=1S/C16H17BrClN3/c1-2-10-9-19-8-7-12(10)16-20-14(11-5-3-4-6-11)13(17)15(18)21-16/h7-9,11H,2-6H2,1H3. The van der Waals surface area contributed by atoms with E-state index in [9.17, 15) is 0 Å². The first-order valence-electron chi connectivity index (χ1n) is 7.37. The van der Waals surface area contributed by atoms with Crippen molar-refractivity contribution in [1.82, 2.24) is 15.0 Å². The predicted molar refractivity (Wildman–Crippen MR) is 88.6 cm³/mol. The van der Waals surface area contributed by atoms with Crippen LogP contribution >= 0.6 is 27.5 Å². The minimum Gasteiger partial charge on any atom is -0.264 e. The molecule has 1 fully saturated rings. The van der Waals surface area contributed by atoms with Gasteiger partial charge in [0.1, 0.15) is 5.15 Å². The molecule has 1 saturated carbocycles. The van der Waals surface area contributed by atoms with Gasteiger partial charge in [-0.25, -0.2) is 9.97 Å². The molecule has 0 spiro atoms. The van der Waals surface area contributed by atoms with Gasteiger partial charge in [0.15, 0.2) is 5.82 Å². The lowest BCUT2D eigenvalue weighted by Crippen LogP contribution is -2.04. The Bertz CT molecular complexity index is 654. The van der Waals surface area contributed by atoms with Crippen molar-refractivity contribution in [2.75, 3.05) is 0 Å². The molecule has 0 bridgehead atoms. The van der Waals surface area contributed by atoms with Crippen LogP contribution in [0.2, 0.25) is 5.15 Å². The molecule has 1 aliphatic carbocycles. The highest BCUT2D eigenvalue weighted by Crippen LogP contribution is 2.39. The van der Waals surface area contributed by atoms with E-state index in [0.717, 1.165) is 27.7 Å². The molecule has 110 valence electrons. The van der Waals surface area contributed by atoms with Crippen LogP contribution in [-0.4, -0.2) is 15.0 Å². The van der Waals surface area contributed by atoms with Crippen LogP contribution in [0, 0.1) is 0 Å². The van der Waals surface area contributed by atoms with Crippen LogP contribution in [0.4, 0.5) is 0 Å². The van der Waals surface area contributed by atoms with Crippen molar-refractivity contribution in [3.63, 3.8) is 0 Å². The van der Waals surface area contributed by atoms with E-state index < -0.39 is 0 Å². The minimum atomic E-state index is 0.491. The Morgan fingerprint density at radius 2 is 2.05 bits per heavy atom. The first-order chi connectivity index (χ1) is 10.2. The van der Waals surface area contributed by atoms with Crippen molar-refractivity contribution in [3.8, 4) is 11.4 Å². The molecule has 0 radical (unpaired) electrons. The number of hydrogen-bond acceptors (Lipinski definition) is 3. The zero-order valence-electron chi connectivity index (χ0n) is 11.9. The molecule has 0 unspecified atom stereocenters. The van der Waals surface area contributed by atoms with Gasteiger partial charge in [-0.2, -0.15) is 0 Å². The average molecular weight is 367 g/mol. The Kier molecular flexibility index (Phi) is 4.55. The van der Waals surface area contributed by atoms with Gasteiger partial charge in [-0.1, -0.05) is 31.4 Å². The summed E-state index contributed by atoms with van der Waals surface area (Å²) >= 11 is 9.89. The molecule has 0 atom stereocenters. The number of hydrogen-bond donors (Lipinski definition) is 0. The second-order valence-electron chi connectivity index (χ2n) is 5.41. The maximum Gasteiger partial charge on any atom is 0.161 e. The summed E-state index contributed by atoms with van der Waals surface area (Å²) in [5.74, 6) is 1.20. The second-order valence-corrected chi connectivity index (χ2v) is 6.56. The van der Waals surface area contributed by atoms with E-state index in [1.165, 1.54) is 25.7 Å². The predicted octanol–water partition coefficient (Wildman–Crippen LogP) is 5.17. The quantitative estimate of drug-likeness (QED) is 0.703. The SMILES string of the molecule is CCc1cnccc1-c1nc(Cl)c(Br)c(C2CCCC2)n1. The Morgan fingerprint density at radius 1 is 1.29 bits per heavy atom. The van der Waals surface area contributed by atoms with Crippen LogP contribution in [0.15, 0.2) is 22.9 Å². The lowest BCUT2D eigenvalue weighted by Gasteiger charge is -2.14. The second kappa shape index (κ2) is 6.41. The molecule has 0 amide bonds. The highest BCUT2D eigenvalue weighted by Gasteiger charge is 2.24. The van der Waals surface area contributed by atoms with E-state index in [4.69, 9.17) is 16.6 Å². The van der Waals surface area contributed by atoms with Gasteiger partial charge in [0.2, 0.25) is 0 Å². The van der Waals surface area contributed by atoms with Gasteiger partial charge in [-0.15, -0.1) is 0 Å². The Hall–Kier alpha value is -1.00. The fraction of sp³-hybridized carbons (Fsp3) is 0.438. The smallest absolute Gasteiger partial charge is 0.161 e. The van der Waals surface area contributed by atoms with Gasteiger partial charge < -0.3 is 0 Å². The van der Waals surface area contributed by atoms with E-state index in [0.29, 0.717) is 16.9 Å². The average Bonchev–Trinajstić information content (AvgIpc) is 3.04. The van der Waals surface area contributed by atoms with Gasteiger partial charge in [0.25, 0.3) is 0 Å². The Morgan fingerprint density at radius 3 is 2.76 bits per heavy atom. The first kappa shape index (κ1) is 14.9. The van der Waals surface area contributed by atoms with Crippen molar-refractivity contribution in [3.05, 3.63) is 39.3 Å². The van der Waals surface area contributed by atoms with Crippen molar-refractivity contribution >= 4 is 27.5 Å². The summed E-state index contributed by atoms with van der Waals surface area (Å²) in [5, 5.41) is 0.501. The van der Waals surface area contributed by atoms with Gasteiger partial charge >= 0.3 is 0 Å². The first-order valence-corrected chi connectivity index (χ1v) is 8.54. The van der Waals surface area contributed by atoms with E-state index in [1.807, 2.05) is 12.3 Å². The van der Waals surface area contributed by atoms with Crippen molar-refractivity contribution in [2.45, 2.75) is 44.9 Å². The monoisotopic (exact) mass is 365 g/mol. The third-order valence-corrected chi connectivity index (χ3v) is 5.39. The van der Waals surface area contributed by atoms with E-state index in [-0.39, 0.29) is 0 Å². The summed E-state index contributed by atoms with van der Waals surface area (Å²) in [6.45, 7) is 2.11. The lowest BCUT2D eigenvalue weighted by atomic mass is 10.0. The summed E-state index contributed by atoms with van der Waals surface area (Å²) < 4.78 is 0.854. The van der Waals surface area contributed by atoms with E-state index in [1.54, 1.807) is 6.20 Å². The molecule has 0 aliphatic heterocycles. The molecule has 21 heavy (non-hydrogen) atoms. The number of aryl methyl sites for hydroxylation is 1.